The average Bonchev–Trinajstić information content (AvgIpc) is 2.78. The van der Waals surface area contributed by atoms with E-state index in [-0.39, 0.29) is 12.5 Å². The van der Waals surface area contributed by atoms with Crippen molar-refractivity contribution >= 4 is 28.6 Å². The van der Waals surface area contributed by atoms with Gasteiger partial charge in [-0.1, -0.05) is 18.2 Å². The highest BCUT2D eigenvalue weighted by molar-refractivity contribution is 7.99. The smallest absolute Gasteiger partial charge is 0.304 e. The van der Waals surface area contributed by atoms with Crippen molar-refractivity contribution in [3.8, 4) is 0 Å². The van der Waals surface area contributed by atoms with Gasteiger partial charge in [-0.3, -0.25) is 9.69 Å². The Hall–Kier alpha value is -1.46. The van der Waals surface area contributed by atoms with E-state index in [2.05, 4.69) is 47.0 Å². The molecule has 0 radical (unpaired) electrons. The summed E-state index contributed by atoms with van der Waals surface area (Å²) in [6, 6.07) is 8.53. The second-order valence-electron chi connectivity index (χ2n) is 5.58. The number of hydrogen-bond donors (Lipinski definition) is 1. The molecule has 1 saturated heterocycles. The van der Waals surface area contributed by atoms with Crippen LogP contribution in [0.3, 0.4) is 0 Å². The third-order valence-electron chi connectivity index (χ3n) is 4.11. The summed E-state index contributed by atoms with van der Waals surface area (Å²) >= 11 is 1.86. The molecular formula is C16H20N2O2S. The molecule has 0 bridgehead atoms. The van der Waals surface area contributed by atoms with Crippen LogP contribution in [0.4, 0.5) is 0 Å². The average molecular weight is 304 g/mol. The minimum atomic E-state index is -0.703. The van der Waals surface area contributed by atoms with E-state index < -0.39 is 5.97 Å². The predicted octanol–water partition coefficient (Wildman–Crippen LogP) is 2.57. The van der Waals surface area contributed by atoms with E-state index >= 15 is 0 Å². The molecule has 3 rings (SSSR count). The van der Waals surface area contributed by atoms with Gasteiger partial charge in [0.2, 0.25) is 0 Å². The lowest BCUT2D eigenvalue weighted by Gasteiger charge is -2.34. The number of rotatable bonds is 4. The molecule has 1 aromatic carbocycles. The molecule has 0 saturated carbocycles. The monoisotopic (exact) mass is 304 g/mol. The Labute approximate surface area is 128 Å². The first-order chi connectivity index (χ1) is 10.1. The molecule has 2 aromatic rings. The maximum absolute atomic E-state index is 11.0. The third kappa shape index (κ3) is 3.09. The zero-order chi connectivity index (χ0) is 14.8. The highest BCUT2D eigenvalue weighted by Gasteiger charge is 2.25. The normalized spacial score (nSPS) is 20.0. The van der Waals surface area contributed by atoms with Crippen LogP contribution in [-0.2, 0) is 18.4 Å². The van der Waals surface area contributed by atoms with Gasteiger partial charge in [-0.05, 0) is 11.6 Å². The number of carbonyl (C=O) groups is 1. The predicted molar refractivity (Wildman–Crippen MR) is 86.7 cm³/mol. The van der Waals surface area contributed by atoms with Gasteiger partial charge in [-0.15, -0.1) is 0 Å². The van der Waals surface area contributed by atoms with Gasteiger partial charge in [-0.25, -0.2) is 0 Å². The van der Waals surface area contributed by atoms with Gasteiger partial charge >= 0.3 is 5.97 Å². The van der Waals surface area contributed by atoms with E-state index in [0.29, 0.717) is 0 Å². The fourth-order valence-electron chi connectivity index (χ4n) is 3.06. The number of carboxylic acids is 1. The van der Waals surface area contributed by atoms with E-state index in [1.165, 1.54) is 16.5 Å². The van der Waals surface area contributed by atoms with Crippen LogP contribution in [0, 0.1) is 0 Å². The highest BCUT2D eigenvalue weighted by Crippen LogP contribution is 2.26. The molecule has 1 aliphatic rings. The molecule has 1 N–H and O–H groups in total. The zero-order valence-corrected chi connectivity index (χ0v) is 13.0. The number of benzene rings is 1. The topological polar surface area (TPSA) is 45.5 Å². The number of aromatic nitrogens is 1. The van der Waals surface area contributed by atoms with Crippen LogP contribution in [0.25, 0.3) is 10.9 Å². The molecular weight excluding hydrogens is 284 g/mol. The van der Waals surface area contributed by atoms with E-state index in [4.69, 9.17) is 5.11 Å². The van der Waals surface area contributed by atoms with Crippen molar-refractivity contribution in [3.05, 3.63) is 36.0 Å². The minimum absolute atomic E-state index is 0.139. The van der Waals surface area contributed by atoms with Crippen molar-refractivity contribution in [3.63, 3.8) is 0 Å². The van der Waals surface area contributed by atoms with E-state index in [1.807, 2.05) is 11.8 Å². The first-order valence-electron chi connectivity index (χ1n) is 7.21. The summed E-state index contributed by atoms with van der Waals surface area (Å²) in [6.07, 6.45) is 2.40. The Morgan fingerprint density at radius 1 is 1.43 bits per heavy atom. The van der Waals surface area contributed by atoms with Crippen molar-refractivity contribution in [1.82, 2.24) is 9.47 Å². The molecule has 112 valence electrons. The minimum Gasteiger partial charge on any atom is -0.481 e. The Morgan fingerprint density at radius 2 is 2.24 bits per heavy atom. The van der Waals surface area contributed by atoms with Crippen molar-refractivity contribution < 1.29 is 9.90 Å². The van der Waals surface area contributed by atoms with E-state index in [1.54, 1.807) is 0 Å². The lowest BCUT2D eigenvalue weighted by molar-refractivity contribution is -0.138. The van der Waals surface area contributed by atoms with Crippen LogP contribution in [0.5, 0.6) is 0 Å². The highest BCUT2D eigenvalue weighted by atomic mass is 32.2. The van der Waals surface area contributed by atoms with Crippen LogP contribution < -0.4 is 0 Å². The molecule has 21 heavy (non-hydrogen) atoms. The second-order valence-corrected chi connectivity index (χ2v) is 6.73. The molecule has 1 aromatic heterocycles. The van der Waals surface area contributed by atoms with E-state index in [9.17, 15) is 4.79 Å². The van der Waals surface area contributed by atoms with Gasteiger partial charge in [0, 0.05) is 54.8 Å². The van der Waals surface area contributed by atoms with Gasteiger partial charge < -0.3 is 9.67 Å². The maximum atomic E-state index is 11.0. The summed E-state index contributed by atoms with van der Waals surface area (Å²) in [7, 11) is 2.06. The van der Waals surface area contributed by atoms with Crippen LogP contribution in [0.15, 0.2) is 30.5 Å². The Bertz CT molecular complexity index is 653. The molecule has 5 heteroatoms. The number of hydrogen-bond acceptors (Lipinski definition) is 3. The first-order valence-corrected chi connectivity index (χ1v) is 8.37. The van der Waals surface area contributed by atoms with Gasteiger partial charge in [-0.2, -0.15) is 11.8 Å². The van der Waals surface area contributed by atoms with Crippen molar-refractivity contribution in [1.29, 1.82) is 0 Å². The van der Waals surface area contributed by atoms with Gasteiger partial charge in [0.1, 0.15) is 0 Å². The fourth-order valence-corrected chi connectivity index (χ4v) is 4.19. The Kier molecular flexibility index (Phi) is 4.22. The largest absolute Gasteiger partial charge is 0.481 e. The van der Waals surface area contributed by atoms with Gasteiger partial charge in [0.05, 0.1) is 6.42 Å². The van der Waals surface area contributed by atoms with Crippen LogP contribution >= 0.6 is 11.8 Å². The molecule has 0 aliphatic carbocycles. The number of fused-ring (bicyclic) bond motifs is 1. The summed E-state index contributed by atoms with van der Waals surface area (Å²) < 4.78 is 2.15. The number of aryl methyl sites for hydroxylation is 1. The number of thioether (sulfide) groups is 1. The SMILES string of the molecule is Cn1cc(CN2CCSCC2CC(=O)O)c2ccccc21. The summed E-state index contributed by atoms with van der Waals surface area (Å²) in [5, 5.41) is 10.4. The molecule has 2 heterocycles. The summed E-state index contributed by atoms with van der Waals surface area (Å²) in [5.41, 5.74) is 2.52. The number of nitrogens with zero attached hydrogens (tertiary/aromatic N) is 2. The molecule has 0 amide bonds. The molecule has 1 fully saturated rings. The molecule has 1 atom stereocenters. The summed E-state index contributed by atoms with van der Waals surface area (Å²) in [4.78, 5) is 13.4. The van der Waals surface area contributed by atoms with Crippen LogP contribution in [-0.4, -0.2) is 44.6 Å². The van der Waals surface area contributed by atoms with Gasteiger partial charge in [0.25, 0.3) is 0 Å². The Balaban J connectivity index is 1.84. The lowest BCUT2D eigenvalue weighted by Crippen LogP contribution is -2.42. The lowest BCUT2D eigenvalue weighted by atomic mass is 10.1. The number of para-hydroxylation sites is 1. The second kappa shape index (κ2) is 6.12. The summed E-state index contributed by atoms with van der Waals surface area (Å²) in [5.74, 6) is 1.29. The van der Waals surface area contributed by atoms with E-state index in [0.717, 1.165) is 24.6 Å². The first kappa shape index (κ1) is 14.5. The van der Waals surface area contributed by atoms with Crippen molar-refractivity contribution in [2.75, 3.05) is 18.1 Å². The fraction of sp³-hybridized carbons (Fsp3) is 0.438. The van der Waals surface area contributed by atoms with Crippen LogP contribution in [0.2, 0.25) is 0 Å². The zero-order valence-electron chi connectivity index (χ0n) is 12.2. The number of aliphatic carboxylic acids is 1. The molecule has 4 nitrogen and oxygen atoms in total. The Morgan fingerprint density at radius 3 is 3.05 bits per heavy atom. The molecule has 1 unspecified atom stereocenters. The standard InChI is InChI=1S/C16H20N2O2S/c1-17-9-12(14-4-2-3-5-15(14)17)10-18-6-7-21-11-13(18)8-16(19)20/h2-5,9,13H,6-8,10-11H2,1H3,(H,19,20). The summed E-state index contributed by atoms with van der Waals surface area (Å²) in [6.45, 7) is 1.80. The third-order valence-corrected chi connectivity index (χ3v) is 5.20. The molecule has 0 spiro atoms. The number of carboxylic acid groups (broad SMARTS) is 1. The van der Waals surface area contributed by atoms with Crippen LogP contribution in [0.1, 0.15) is 12.0 Å². The van der Waals surface area contributed by atoms with Crippen molar-refractivity contribution in [2.45, 2.75) is 19.0 Å². The van der Waals surface area contributed by atoms with Gasteiger partial charge in [0.15, 0.2) is 0 Å². The van der Waals surface area contributed by atoms with Crippen molar-refractivity contribution in [2.24, 2.45) is 7.05 Å². The maximum Gasteiger partial charge on any atom is 0.304 e. The quantitative estimate of drug-likeness (QED) is 0.943. The molecule has 1 aliphatic heterocycles.